The van der Waals surface area contributed by atoms with Crippen molar-refractivity contribution in [3.05, 3.63) is 86.0 Å². The van der Waals surface area contributed by atoms with Gasteiger partial charge in [0, 0.05) is 9.26 Å². The lowest BCUT2D eigenvalue weighted by atomic mass is 10.1. The van der Waals surface area contributed by atoms with Gasteiger partial charge < -0.3 is 14.2 Å². The second-order valence-corrected chi connectivity index (χ2v) is 10.4. The van der Waals surface area contributed by atoms with E-state index in [1.54, 1.807) is 31.2 Å². The average molecular weight is 623 g/mol. The Morgan fingerprint density at radius 1 is 1.14 bits per heavy atom. The number of ether oxygens (including phenoxy) is 1. The predicted octanol–water partition coefficient (Wildman–Crippen LogP) is 5.97. The van der Waals surface area contributed by atoms with Crippen LogP contribution in [0.4, 0.5) is 5.69 Å². The Balaban J connectivity index is 1.93. The summed E-state index contributed by atoms with van der Waals surface area (Å²) in [7, 11) is -4.18. The summed E-state index contributed by atoms with van der Waals surface area (Å²) in [6.45, 7) is 3.75. The minimum atomic E-state index is -4.18. The molecule has 7 nitrogen and oxygen atoms in total. The molecule has 0 aliphatic rings. The van der Waals surface area contributed by atoms with E-state index in [2.05, 4.69) is 27.9 Å². The molecular weight excluding hydrogens is 603 g/mol. The third-order valence-electron chi connectivity index (χ3n) is 4.61. The number of aryl methyl sites for hydroxylation is 1. The van der Waals surface area contributed by atoms with Crippen molar-refractivity contribution in [1.82, 2.24) is 0 Å². The number of amides is 1. The van der Waals surface area contributed by atoms with Gasteiger partial charge in [0.1, 0.15) is 16.5 Å². The van der Waals surface area contributed by atoms with Gasteiger partial charge in [-0.2, -0.15) is 13.7 Å². The molecule has 1 amide bonds. The fourth-order valence-corrected chi connectivity index (χ4v) is 4.54. The van der Waals surface area contributed by atoms with E-state index in [9.17, 15) is 18.5 Å². The minimum absolute atomic E-state index is 0.0374. The normalized spacial score (nSPS) is 11.5. The molecule has 0 unspecified atom stereocenters. The van der Waals surface area contributed by atoms with Gasteiger partial charge in [-0.15, -0.1) is 0 Å². The molecule has 3 aromatic carbocycles. The maximum atomic E-state index is 12.8. The van der Waals surface area contributed by atoms with E-state index in [4.69, 9.17) is 20.5 Å². The number of nitriles is 1. The fraction of sp³-hybridized carbons (Fsp3) is 0.120. The second kappa shape index (κ2) is 11.6. The Kier molecular flexibility index (Phi) is 8.77. The van der Waals surface area contributed by atoms with Gasteiger partial charge in [-0.05, 0) is 96.6 Å². The van der Waals surface area contributed by atoms with E-state index in [0.29, 0.717) is 11.3 Å². The molecule has 3 rings (SSSR count). The molecule has 0 bridgehead atoms. The Morgan fingerprint density at radius 2 is 1.80 bits per heavy atom. The van der Waals surface area contributed by atoms with Crippen LogP contribution in [0, 0.1) is 21.8 Å². The van der Waals surface area contributed by atoms with Crippen LogP contribution in [-0.2, 0) is 14.9 Å². The number of nitrogens with zero attached hydrogens (tertiary/aromatic N) is 1. The quantitative estimate of drug-likeness (QED) is 0.144. The van der Waals surface area contributed by atoms with E-state index in [1.165, 1.54) is 30.3 Å². The molecule has 0 aliphatic carbocycles. The minimum Gasteiger partial charge on any atom is -0.490 e. The number of benzene rings is 3. The van der Waals surface area contributed by atoms with Crippen LogP contribution in [0.2, 0.25) is 5.02 Å². The van der Waals surface area contributed by atoms with E-state index >= 15 is 0 Å². The molecular formula is C25H20ClIN2O5S. The second-order valence-electron chi connectivity index (χ2n) is 7.24. The molecule has 10 heteroatoms. The zero-order chi connectivity index (χ0) is 25.6. The van der Waals surface area contributed by atoms with Crippen molar-refractivity contribution >= 4 is 62.0 Å². The van der Waals surface area contributed by atoms with Crippen LogP contribution in [-0.4, -0.2) is 20.9 Å². The summed E-state index contributed by atoms with van der Waals surface area (Å²) in [6, 6.07) is 18.0. The van der Waals surface area contributed by atoms with E-state index in [1.807, 2.05) is 25.1 Å². The summed E-state index contributed by atoms with van der Waals surface area (Å²) in [4.78, 5) is 12.6. The lowest BCUT2D eigenvalue weighted by Gasteiger charge is -2.14. The monoisotopic (exact) mass is 622 g/mol. The number of nitrogens with one attached hydrogen (secondary N) is 1. The molecule has 1 N–H and O–H groups in total. The Hall–Kier alpha value is -3.07. The van der Waals surface area contributed by atoms with Gasteiger partial charge in [-0.25, -0.2) is 0 Å². The van der Waals surface area contributed by atoms with Crippen LogP contribution >= 0.6 is 34.2 Å². The van der Waals surface area contributed by atoms with Crippen LogP contribution in [0.1, 0.15) is 18.1 Å². The Bertz CT molecular complexity index is 1410. The summed E-state index contributed by atoms with van der Waals surface area (Å²) >= 11 is 8.50. The van der Waals surface area contributed by atoms with E-state index in [-0.39, 0.29) is 33.6 Å². The summed E-state index contributed by atoms with van der Waals surface area (Å²) in [6.07, 6.45) is 1.33. The highest BCUT2D eigenvalue weighted by Gasteiger charge is 2.22. The zero-order valence-electron chi connectivity index (χ0n) is 18.7. The fourth-order valence-electron chi connectivity index (χ4n) is 2.92. The van der Waals surface area contributed by atoms with Crippen molar-refractivity contribution in [2.45, 2.75) is 18.7 Å². The zero-order valence-corrected chi connectivity index (χ0v) is 22.4. The molecule has 0 aromatic heterocycles. The van der Waals surface area contributed by atoms with Crippen LogP contribution < -0.4 is 14.2 Å². The highest BCUT2D eigenvalue weighted by atomic mass is 127. The molecule has 0 aliphatic heterocycles. The van der Waals surface area contributed by atoms with Gasteiger partial charge >= 0.3 is 10.1 Å². The summed E-state index contributed by atoms with van der Waals surface area (Å²) in [5.41, 5.74) is 1.61. The molecule has 35 heavy (non-hydrogen) atoms. The molecule has 0 saturated carbocycles. The number of anilines is 1. The topological polar surface area (TPSA) is 105 Å². The predicted molar refractivity (Wildman–Crippen MR) is 143 cm³/mol. The van der Waals surface area contributed by atoms with E-state index in [0.717, 1.165) is 9.13 Å². The highest BCUT2D eigenvalue weighted by Crippen LogP contribution is 2.39. The SMILES string of the molecule is CCOc1cc(/C=C(\C#N)C(=O)Nc2ccc(I)cc2)cc(Cl)c1OS(=O)(=O)c1ccc(C)cc1. The van der Waals surface area contributed by atoms with Crippen LogP contribution in [0.15, 0.2) is 71.1 Å². The summed E-state index contributed by atoms with van der Waals surface area (Å²) in [5, 5.41) is 12.1. The van der Waals surface area contributed by atoms with Crippen molar-refractivity contribution in [2.75, 3.05) is 11.9 Å². The van der Waals surface area contributed by atoms with Gasteiger partial charge in [0.05, 0.1) is 11.6 Å². The number of hydrogen-bond donors (Lipinski definition) is 1. The van der Waals surface area contributed by atoms with Crippen molar-refractivity contribution in [2.24, 2.45) is 0 Å². The molecule has 3 aromatic rings. The third kappa shape index (κ3) is 6.97. The molecule has 0 spiro atoms. The number of carbonyl (C=O) groups is 1. The maximum absolute atomic E-state index is 12.8. The highest BCUT2D eigenvalue weighted by molar-refractivity contribution is 14.1. The maximum Gasteiger partial charge on any atom is 0.339 e. The number of rotatable bonds is 8. The molecule has 0 fully saturated rings. The number of hydrogen-bond acceptors (Lipinski definition) is 6. The van der Waals surface area contributed by atoms with E-state index < -0.39 is 16.0 Å². The number of carbonyl (C=O) groups excluding carboxylic acids is 1. The first-order valence-electron chi connectivity index (χ1n) is 10.3. The van der Waals surface area contributed by atoms with Crippen molar-refractivity contribution in [1.29, 1.82) is 5.26 Å². The lowest BCUT2D eigenvalue weighted by Crippen LogP contribution is -2.13. The van der Waals surface area contributed by atoms with Gasteiger partial charge in [0.25, 0.3) is 5.91 Å². The Morgan fingerprint density at radius 3 is 2.40 bits per heavy atom. The first-order chi connectivity index (χ1) is 16.6. The standard InChI is InChI=1S/C25H20ClIN2O5S/c1-3-33-23-14-17(12-18(15-28)25(30)29-20-8-6-19(27)7-9-20)13-22(26)24(23)34-35(31,32)21-10-4-16(2)5-11-21/h4-14H,3H2,1-2H3,(H,29,30)/b18-12+. The first kappa shape index (κ1) is 26.5. The van der Waals surface area contributed by atoms with Crippen LogP contribution in [0.3, 0.4) is 0 Å². The van der Waals surface area contributed by atoms with Crippen molar-refractivity contribution < 1.29 is 22.1 Å². The average Bonchev–Trinajstić information content (AvgIpc) is 2.81. The molecule has 0 saturated heterocycles. The lowest BCUT2D eigenvalue weighted by molar-refractivity contribution is -0.112. The Labute approximate surface area is 222 Å². The van der Waals surface area contributed by atoms with Crippen molar-refractivity contribution in [3.8, 4) is 17.6 Å². The summed E-state index contributed by atoms with van der Waals surface area (Å²) in [5.74, 6) is -0.740. The van der Waals surface area contributed by atoms with Gasteiger partial charge in [0.15, 0.2) is 5.75 Å². The van der Waals surface area contributed by atoms with Gasteiger partial charge in [-0.1, -0.05) is 29.3 Å². The molecule has 0 heterocycles. The summed E-state index contributed by atoms with van der Waals surface area (Å²) < 4.78 is 37.4. The molecule has 0 atom stereocenters. The third-order valence-corrected chi connectivity index (χ3v) is 6.85. The van der Waals surface area contributed by atoms with Gasteiger partial charge in [-0.3, -0.25) is 4.79 Å². The smallest absolute Gasteiger partial charge is 0.339 e. The molecule has 0 radical (unpaired) electrons. The van der Waals surface area contributed by atoms with Gasteiger partial charge in [0.2, 0.25) is 5.75 Å². The van der Waals surface area contributed by atoms with Crippen LogP contribution in [0.5, 0.6) is 11.5 Å². The number of halogens is 2. The largest absolute Gasteiger partial charge is 0.490 e. The molecule has 180 valence electrons. The first-order valence-corrected chi connectivity index (χ1v) is 13.2. The van der Waals surface area contributed by atoms with Crippen LogP contribution in [0.25, 0.3) is 6.08 Å². The van der Waals surface area contributed by atoms with Crippen molar-refractivity contribution in [3.63, 3.8) is 0 Å².